The third-order valence-corrected chi connectivity index (χ3v) is 2.57. The fourth-order valence-electron chi connectivity index (χ4n) is 1.84. The summed E-state index contributed by atoms with van der Waals surface area (Å²) in [5, 5.41) is 0. The van der Waals surface area contributed by atoms with Gasteiger partial charge in [-0.2, -0.15) is 0 Å². The minimum Gasteiger partial charge on any atom is -0.493 e. The minimum absolute atomic E-state index is 0.175. The van der Waals surface area contributed by atoms with E-state index < -0.39 is 0 Å². The van der Waals surface area contributed by atoms with Gasteiger partial charge in [0, 0.05) is 19.2 Å². The molecule has 0 spiro atoms. The molecule has 0 atom stereocenters. The Morgan fingerprint density at radius 3 is 3.07 bits per heavy atom. The van der Waals surface area contributed by atoms with E-state index in [0.29, 0.717) is 6.54 Å². The molecule has 0 bridgehead atoms. The zero-order valence-corrected chi connectivity index (χ0v) is 9.12. The third kappa shape index (κ3) is 2.12. The molecule has 3 nitrogen and oxygen atoms in total. The van der Waals surface area contributed by atoms with Gasteiger partial charge in [0.15, 0.2) is 0 Å². The molecule has 2 rings (SSSR count). The predicted molar refractivity (Wildman–Crippen MR) is 59.6 cm³/mol. The second-order valence-electron chi connectivity index (χ2n) is 3.95. The zero-order chi connectivity index (χ0) is 10.8. The van der Waals surface area contributed by atoms with Crippen molar-refractivity contribution in [1.29, 1.82) is 0 Å². The van der Waals surface area contributed by atoms with Gasteiger partial charge in [-0.3, -0.25) is 4.79 Å². The largest absolute Gasteiger partial charge is 0.493 e. The number of fused-ring (bicyclic) bond motifs is 1. The summed E-state index contributed by atoms with van der Waals surface area (Å²) in [6, 6.07) is 6.08. The van der Waals surface area contributed by atoms with E-state index in [4.69, 9.17) is 4.74 Å². The molecule has 1 aliphatic rings. The van der Waals surface area contributed by atoms with Gasteiger partial charge in [0.05, 0.1) is 13.2 Å². The number of benzene rings is 1. The van der Waals surface area contributed by atoms with Crippen LogP contribution in [0.1, 0.15) is 12.5 Å². The minimum atomic E-state index is 0.175. The number of ketones is 1. The van der Waals surface area contributed by atoms with Gasteiger partial charge >= 0.3 is 0 Å². The van der Waals surface area contributed by atoms with E-state index in [1.165, 1.54) is 5.56 Å². The van der Waals surface area contributed by atoms with Crippen LogP contribution < -0.4 is 9.64 Å². The average molecular weight is 205 g/mol. The Balaban J connectivity index is 2.19. The van der Waals surface area contributed by atoms with Crippen molar-refractivity contribution in [1.82, 2.24) is 0 Å². The lowest BCUT2D eigenvalue weighted by atomic mass is 10.1. The lowest BCUT2D eigenvalue weighted by molar-refractivity contribution is -0.115. The van der Waals surface area contributed by atoms with Gasteiger partial charge in [0.1, 0.15) is 11.5 Å². The molecule has 0 saturated heterocycles. The number of carbonyl (C=O) groups is 1. The van der Waals surface area contributed by atoms with Gasteiger partial charge < -0.3 is 9.64 Å². The van der Waals surface area contributed by atoms with E-state index in [1.807, 2.05) is 24.1 Å². The molecule has 0 N–H and O–H groups in total. The predicted octanol–water partition coefficient (Wildman–Crippen LogP) is 1.65. The standard InChI is InChI=1S/C12H15NO2/c1-9(14)8-13(2)11-3-4-12-10(7-11)5-6-15-12/h3-4,7H,5-6,8H2,1-2H3. The molecular formula is C12H15NO2. The highest BCUT2D eigenvalue weighted by molar-refractivity contribution is 5.81. The second-order valence-corrected chi connectivity index (χ2v) is 3.95. The lowest BCUT2D eigenvalue weighted by Crippen LogP contribution is -2.23. The van der Waals surface area contributed by atoms with Crippen LogP contribution >= 0.6 is 0 Å². The fraction of sp³-hybridized carbons (Fsp3) is 0.417. The second kappa shape index (κ2) is 3.93. The number of carbonyl (C=O) groups excluding carboxylic acids is 1. The molecule has 1 heterocycles. The first-order valence-corrected chi connectivity index (χ1v) is 5.13. The summed E-state index contributed by atoms with van der Waals surface area (Å²) in [5.41, 5.74) is 2.32. The molecule has 15 heavy (non-hydrogen) atoms. The molecule has 80 valence electrons. The quantitative estimate of drug-likeness (QED) is 0.751. The average Bonchev–Trinajstić information content (AvgIpc) is 2.62. The Morgan fingerprint density at radius 1 is 1.53 bits per heavy atom. The number of ether oxygens (including phenoxy) is 1. The highest BCUT2D eigenvalue weighted by Gasteiger charge is 2.13. The molecule has 0 radical (unpaired) electrons. The maximum Gasteiger partial charge on any atom is 0.149 e. The summed E-state index contributed by atoms with van der Waals surface area (Å²) in [7, 11) is 1.93. The van der Waals surface area contributed by atoms with Crippen LogP contribution in [0.15, 0.2) is 18.2 Å². The van der Waals surface area contributed by atoms with Crippen LogP contribution in [-0.4, -0.2) is 26.0 Å². The van der Waals surface area contributed by atoms with Crippen molar-refractivity contribution in [3.63, 3.8) is 0 Å². The SMILES string of the molecule is CC(=O)CN(C)c1ccc2c(c1)CCO2. The van der Waals surface area contributed by atoms with Gasteiger partial charge in [0.25, 0.3) is 0 Å². The Kier molecular flexibility index (Phi) is 2.62. The highest BCUT2D eigenvalue weighted by Crippen LogP contribution is 2.28. The van der Waals surface area contributed by atoms with Crippen LogP contribution in [0.2, 0.25) is 0 Å². The van der Waals surface area contributed by atoms with Gasteiger partial charge in [-0.05, 0) is 30.7 Å². The first-order valence-electron chi connectivity index (χ1n) is 5.13. The zero-order valence-electron chi connectivity index (χ0n) is 9.12. The summed E-state index contributed by atoms with van der Waals surface area (Å²) in [6.07, 6.45) is 0.969. The topological polar surface area (TPSA) is 29.5 Å². The van der Waals surface area contributed by atoms with Crippen LogP contribution in [0.5, 0.6) is 5.75 Å². The van der Waals surface area contributed by atoms with Gasteiger partial charge in [-0.1, -0.05) is 0 Å². The molecule has 0 saturated carbocycles. The van der Waals surface area contributed by atoms with Gasteiger partial charge in [0.2, 0.25) is 0 Å². The Morgan fingerprint density at radius 2 is 2.33 bits per heavy atom. The van der Waals surface area contributed by atoms with Crippen LogP contribution in [-0.2, 0) is 11.2 Å². The molecule has 0 fully saturated rings. The van der Waals surface area contributed by atoms with E-state index in [9.17, 15) is 4.79 Å². The Hall–Kier alpha value is -1.51. The first-order chi connectivity index (χ1) is 7.16. The van der Waals surface area contributed by atoms with Crippen molar-refractivity contribution in [2.45, 2.75) is 13.3 Å². The van der Waals surface area contributed by atoms with Gasteiger partial charge in [-0.25, -0.2) is 0 Å². The summed E-state index contributed by atoms with van der Waals surface area (Å²) in [6.45, 7) is 2.84. The molecule has 0 unspecified atom stereocenters. The molecule has 1 aliphatic heterocycles. The van der Waals surface area contributed by atoms with Crippen LogP contribution in [0.4, 0.5) is 5.69 Å². The molecule has 1 aromatic rings. The summed E-state index contributed by atoms with van der Waals surface area (Å²) in [5.74, 6) is 1.16. The first kappa shape index (κ1) is 10.0. The number of nitrogens with zero attached hydrogens (tertiary/aromatic N) is 1. The Labute approximate surface area is 89.7 Å². The van der Waals surface area contributed by atoms with E-state index in [-0.39, 0.29) is 5.78 Å². The number of hydrogen-bond acceptors (Lipinski definition) is 3. The number of Topliss-reactive ketones (excluding diaryl/α,β-unsaturated/α-hetero) is 1. The van der Waals surface area contributed by atoms with Crippen LogP contribution in [0, 0.1) is 0 Å². The van der Waals surface area contributed by atoms with Crippen molar-refractivity contribution >= 4 is 11.5 Å². The molecule has 0 amide bonds. The number of hydrogen-bond donors (Lipinski definition) is 0. The lowest BCUT2D eigenvalue weighted by Gasteiger charge is -2.18. The van der Waals surface area contributed by atoms with Crippen LogP contribution in [0.3, 0.4) is 0 Å². The van der Waals surface area contributed by atoms with E-state index in [2.05, 4.69) is 6.07 Å². The molecular weight excluding hydrogens is 190 g/mol. The summed E-state index contributed by atoms with van der Waals surface area (Å²) < 4.78 is 5.43. The van der Waals surface area contributed by atoms with Crippen molar-refractivity contribution < 1.29 is 9.53 Å². The Bertz CT molecular complexity index is 387. The van der Waals surface area contributed by atoms with Crippen molar-refractivity contribution in [2.24, 2.45) is 0 Å². The fourth-order valence-corrected chi connectivity index (χ4v) is 1.84. The normalized spacial score (nSPS) is 13.2. The third-order valence-electron chi connectivity index (χ3n) is 2.57. The highest BCUT2D eigenvalue weighted by atomic mass is 16.5. The number of likely N-dealkylation sites (N-methyl/N-ethyl adjacent to an activating group) is 1. The summed E-state index contributed by atoms with van der Waals surface area (Å²) in [4.78, 5) is 13.0. The van der Waals surface area contributed by atoms with E-state index in [0.717, 1.165) is 24.5 Å². The number of rotatable bonds is 3. The maximum atomic E-state index is 11.0. The molecule has 0 aromatic heterocycles. The molecule has 0 aliphatic carbocycles. The van der Waals surface area contributed by atoms with E-state index in [1.54, 1.807) is 6.92 Å². The van der Waals surface area contributed by atoms with E-state index >= 15 is 0 Å². The van der Waals surface area contributed by atoms with Crippen molar-refractivity contribution in [3.8, 4) is 5.75 Å². The molecule has 3 heteroatoms. The van der Waals surface area contributed by atoms with Crippen LogP contribution in [0.25, 0.3) is 0 Å². The van der Waals surface area contributed by atoms with Gasteiger partial charge in [-0.15, -0.1) is 0 Å². The monoisotopic (exact) mass is 205 g/mol. The molecule has 1 aromatic carbocycles. The van der Waals surface area contributed by atoms with Crippen molar-refractivity contribution in [3.05, 3.63) is 23.8 Å². The summed E-state index contributed by atoms with van der Waals surface area (Å²) >= 11 is 0. The number of anilines is 1. The maximum absolute atomic E-state index is 11.0. The smallest absolute Gasteiger partial charge is 0.149 e. The van der Waals surface area contributed by atoms with Crippen molar-refractivity contribution in [2.75, 3.05) is 25.1 Å².